The molecule has 0 unspecified atom stereocenters. The number of benzene rings is 1. The zero-order valence-electron chi connectivity index (χ0n) is 16.1. The van der Waals surface area contributed by atoms with Crippen molar-refractivity contribution in [2.75, 3.05) is 12.4 Å². The third kappa shape index (κ3) is 3.97. The monoisotopic (exact) mass is 448 g/mol. The molecule has 3 aromatic heterocycles. The van der Waals surface area contributed by atoms with Crippen LogP contribution in [0.15, 0.2) is 49.2 Å². The topological polar surface area (TPSA) is 113 Å². The van der Waals surface area contributed by atoms with Crippen molar-refractivity contribution in [3.05, 3.63) is 66.3 Å². The number of hydrogen-bond donors (Lipinski definition) is 1. The maximum Gasteiger partial charge on any atom is 0.434 e. The van der Waals surface area contributed by atoms with Crippen molar-refractivity contribution in [2.45, 2.75) is 6.18 Å². The van der Waals surface area contributed by atoms with E-state index in [4.69, 9.17) is 4.74 Å². The number of aromatic nitrogens is 7. The largest absolute Gasteiger partial charge is 0.480 e. The van der Waals surface area contributed by atoms with Crippen LogP contribution in [0, 0.1) is 5.82 Å². The number of hydrogen-bond acceptors (Lipinski definition) is 7. The SMILES string of the molecule is COc1ccc(-n2ncc(C(=O)Nc3ccc(-n4cncn4)c(F)c3)c2C(F)(F)F)nn1. The van der Waals surface area contributed by atoms with Crippen molar-refractivity contribution >= 4 is 11.6 Å². The maximum absolute atomic E-state index is 14.4. The van der Waals surface area contributed by atoms with Crippen LogP contribution in [0.4, 0.5) is 23.2 Å². The number of rotatable bonds is 5. The van der Waals surface area contributed by atoms with Gasteiger partial charge in [0.25, 0.3) is 5.91 Å². The first-order valence-electron chi connectivity index (χ1n) is 8.77. The Bertz CT molecular complexity index is 1250. The number of alkyl halides is 3. The molecule has 4 rings (SSSR count). The molecular weight excluding hydrogens is 436 g/mol. The number of nitrogens with zero attached hydrogens (tertiary/aromatic N) is 7. The first-order chi connectivity index (χ1) is 15.3. The molecule has 32 heavy (non-hydrogen) atoms. The second kappa shape index (κ2) is 8.05. The Morgan fingerprint density at radius 1 is 1.12 bits per heavy atom. The molecule has 0 atom stereocenters. The lowest BCUT2D eigenvalue weighted by atomic mass is 10.2. The molecule has 1 N–H and O–H groups in total. The molecule has 0 saturated heterocycles. The fourth-order valence-electron chi connectivity index (χ4n) is 2.80. The van der Waals surface area contributed by atoms with E-state index in [1.165, 1.54) is 44.0 Å². The van der Waals surface area contributed by atoms with Crippen LogP contribution in [0.1, 0.15) is 16.1 Å². The van der Waals surface area contributed by atoms with E-state index in [1.807, 2.05) is 0 Å². The molecule has 0 bridgehead atoms. The van der Waals surface area contributed by atoms with Crippen LogP contribution in [0.25, 0.3) is 11.5 Å². The number of carbonyl (C=O) groups is 1. The minimum Gasteiger partial charge on any atom is -0.480 e. The van der Waals surface area contributed by atoms with Gasteiger partial charge in [0.1, 0.15) is 18.3 Å². The zero-order valence-corrected chi connectivity index (χ0v) is 16.1. The highest BCUT2D eigenvalue weighted by Crippen LogP contribution is 2.34. The molecule has 4 aromatic rings. The summed E-state index contributed by atoms with van der Waals surface area (Å²) >= 11 is 0. The van der Waals surface area contributed by atoms with Gasteiger partial charge >= 0.3 is 6.18 Å². The minimum absolute atomic E-state index is 0.0439. The minimum atomic E-state index is -4.95. The summed E-state index contributed by atoms with van der Waals surface area (Å²) in [4.78, 5) is 16.3. The lowest BCUT2D eigenvalue weighted by Gasteiger charge is -2.12. The summed E-state index contributed by atoms with van der Waals surface area (Å²) in [5.41, 5.74) is -2.17. The maximum atomic E-state index is 14.4. The van der Waals surface area contributed by atoms with Gasteiger partial charge in [-0.05, 0) is 24.3 Å². The van der Waals surface area contributed by atoms with E-state index < -0.39 is 29.2 Å². The van der Waals surface area contributed by atoms with E-state index in [0.29, 0.717) is 4.68 Å². The average molecular weight is 448 g/mol. The van der Waals surface area contributed by atoms with E-state index >= 15 is 0 Å². The summed E-state index contributed by atoms with van der Waals surface area (Å²) < 4.78 is 62.1. The normalized spacial score (nSPS) is 11.4. The quantitative estimate of drug-likeness (QED) is 0.467. The van der Waals surface area contributed by atoms with Gasteiger partial charge in [0.05, 0.1) is 18.9 Å². The smallest absolute Gasteiger partial charge is 0.434 e. The van der Waals surface area contributed by atoms with Gasteiger partial charge in [-0.15, -0.1) is 10.2 Å². The van der Waals surface area contributed by atoms with Crippen LogP contribution < -0.4 is 10.1 Å². The third-order valence-electron chi connectivity index (χ3n) is 4.21. The van der Waals surface area contributed by atoms with Gasteiger partial charge < -0.3 is 10.1 Å². The number of methoxy groups -OCH3 is 1. The van der Waals surface area contributed by atoms with Crippen LogP contribution >= 0.6 is 0 Å². The molecule has 0 aliphatic rings. The number of nitrogens with one attached hydrogen (secondary N) is 1. The Balaban J connectivity index is 1.65. The summed E-state index contributed by atoms with van der Waals surface area (Å²) in [7, 11) is 1.32. The van der Waals surface area contributed by atoms with Gasteiger partial charge in [0, 0.05) is 11.8 Å². The standard InChI is InChI=1S/C18H12F4N8O2/c1-32-15-5-4-14(27-28-15)30-16(18(20,21)22)11(7-24-30)17(31)26-10-2-3-13(12(19)6-10)29-9-23-8-25-29/h2-9H,1H3,(H,26,31). The highest BCUT2D eigenvalue weighted by Gasteiger charge is 2.41. The van der Waals surface area contributed by atoms with Gasteiger partial charge in [0.15, 0.2) is 17.3 Å². The molecule has 0 saturated carbocycles. The first kappa shape index (κ1) is 20.9. The predicted octanol–water partition coefficient (Wildman–Crippen LogP) is 2.66. The molecule has 0 fully saturated rings. The summed E-state index contributed by atoms with van der Waals surface area (Å²) in [5.74, 6) is -2.10. The van der Waals surface area contributed by atoms with Crippen molar-refractivity contribution < 1.29 is 27.1 Å². The van der Waals surface area contributed by atoms with Gasteiger partial charge in [-0.3, -0.25) is 4.79 Å². The number of amides is 1. The summed E-state index contributed by atoms with van der Waals surface area (Å²) in [6, 6.07) is 6.05. The van der Waals surface area contributed by atoms with Crippen LogP contribution in [-0.4, -0.2) is 47.8 Å². The average Bonchev–Trinajstić information content (AvgIpc) is 3.44. The second-order valence-corrected chi connectivity index (χ2v) is 6.21. The Labute approximate surface area is 176 Å². The Morgan fingerprint density at radius 2 is 1.94 bits per heavy atom. The number of anilines is 1. The summed E-state index contributed by atoms with van der Waals surface area (Å²) in [6.07, 6.45) is -1.74. The van der Waals surface area contributed by atoms with Crippen LogP contribution in [-0.2, 0) is 6.18 Å². The van der Waals surface area contributed by atoms with Crippen molar-refractivity contribution in [3.8, 4) is 17.4 Å². The summed E-state index contributed by atoms with van der Waals surface area (Å²) in [5, 5.41) is 16.9. The van der Waals surface area contributed by atoms with Crippen molar-refractivity contribution in [1.29, 1.82) is 0 Å². The van der Waals surface area contributed by atoms with Crippen molar-refractivity contribution in [3.63, 3.8) is 0 Å². The zero-order chi connectivity index (χ0) is 22.9. The number of ether oxygens (including phenoxy) is 1. The Hall–Kier alpha value is -4.36. The first-order valence-corrected chi connectivity index (χ1v) is 8.77. The molecule has 0 aliphatic heterocycles. The van der Waals surface area contributed by atoms with Crippen LogP contribution in [0.2, 0.25) is 0 Å². The molecule has 14 heteroatoms. The molecule has 0 aliphatic carbocycles. The summed E-state index contributed by atoms with van der Waals surface area (Å²) in [6.45, 7) is 0. The van der Waals surface area contributed by atoms with Gasteiger partial charge in [-0.2, -0.15) is 23.4 Å². The lowest BCUT2D eigenvalue weighted by molar-refractivity contribution is -0.143. The lowest BCUT2D eigenvalue weighted by Crippen LogP contribution is -2.21. The molecule has 0 radical (unpaired) electrons. The van der Waals surface area contributed by atoms with Crippen molar-refractivity contribution in [1.82, 2.24) is 34.7 Å². The fourth-order valence-corrected chi connectivity index (χ4v) is 2.80. The third-order valence-corrected chi connectivity index (χ3v) is 4.21. The van der Waals surface area contributed by atoms with Crippen molar-refractivity contribution in [2.24, 2.45) is 0 Å². The molecule has 0 spiro atoms. The molecule has 3 heterocycles. The Kier molecular flexibility index (Phi) is 5.26. The van der Waals surface area contributed by atoms with Crippen LogP contribution in [0.3, 0.4) is 0 Å². The number of halogens is 4. The predicted molar refractivity (Wildman–Crippen MR) is 100.0 cm³/mol. The molecule has 164 valence electrons. The highest BCUT2D eigenvalue weighted by atomic mass is 19.4. The van der Waals surface area contributed by atoms with Gasteiger partial charge in [-0.25, -0.2) is 18.7 Å². The second-order valence-electron chi connectivity index (χ2n) is 6.21. The van der Waals surface area contributed by atoms with E-state index in [0.717, 1.165) is 16.9 Å². The van der Waals surface area contributed by atoms with E-state index in [-0.39, 0.29) is 23.1 Å². The van der Waals surface area contributed by atoms with Gasteiger partial charge in [-0.1, -0.05) is 0 Å². The molecule has 10 nitrogen and oxygen atoms in total. The van der Waals surface area contributed by atoms with E-state index in [1.54, 1.807) is 0 Å². The molecule has 1 aromatic carbocycles. The molecular formula is C18H12F4N8O2. The highest BCUT2D eigenvalue weighted by molar-refractivity contribution is 6.05. The number of carbonyl (C=O) groups excluding carboxylic acids is 1. The molecule has 1 amide bonds. The van der Waals surface area contributed by atoms with Crippen LogP contribution in [0.5, 0.6) is 5.88 Å². The van der Waals surface area contributed by atoms with E-state index in [9.17, 15) is 22.4 Å². The Morgan fingerprint density at radius 3 is 2.53 bits per heavy atom. The van der Waals surface area contributed by atoms with E-state index in [2.05, 4.69) is 30.7 Å². The fraction of sp³-hybridized carbons (Fsp3) is 0.111. The van der Waals surface area contributed by atoms with Gasteiger partial charge in [0.2, 0.25) is 5.88 Å².